The number of hydrogen-bond donors (Lipinski definition) is 2. The van der Waals surface area contributed by atoms with Crippen molar-refractivity contribution in [3.05, 3.63) is 52.3 Å². The minimum absolute atomic E-state index is 0.238. The van der Waals surface area contributed by atoms with E-state index in [1.165, 1.54) is 11.8 Å². The molecule has 144 valence electrons. The second kappa shape index (κ2) is 8.41. The zero-order chi connectivity index (χ0) is 19.6. The zero-order valence-electron chi connectivity index (χ0n) is 14.2. The van der Waals surface area contributed by atoms with Gasteiger partial charge >= 0.3 is 0 Å². The van der Waals surface area contributed by atoms with Crippen LogP contribution in [0.1, 0.15) is 23.2 Å². The van der Waals surface area contributed by atoms with Crippen molar-refractivity contribution < 1.29 is 22.8 Å². The van der Waals surface area contributed by atoms with Gasteiger partial charge in [-0.25, -0.2) is 18.7 Å². The van der Waals surface area contributed by atoms with E-state index < -0.39 is 34.6 Å². The number of benzene rings is 2. The van der Waals surface area contributed by atoms with Crippen molar-refractivity contribution in [2.45, 2.75) is 17.7 Å². The van der Waals surface area contributed by atoms with E-state index in [1.807, 2.05) is 6.26 Å². The van der Waals surface area contributed by atoms with Crippen LogP contribution in [0.5, 0.6) is 0 Å². The summed E-state index contributed by atoms with van der Waals surface area (Å²) in [6.07, 6.45) is 3.87. The van der Waals surface area contributed by atoms with Crippen molar-refractivity contribution >= 4 is 40.6 Å². The van der Waals surface area contributed by atoms with E-state index in [0.717, 1.165) is 17.7 Å². The van der Waals surface area contributed by atoms with Crippen LogP contribution < -0.4 is 10.8 Å². The number of amides is 1. The summed E-state index contributed by atoms with van der Waals surface area (Å²) < 4.78 is 41.8. The number of hydroxylamine groups is 1. The van der Waals surface area contributed by atoms with E-state index >= 15 is 0 Å². The summed E-state index contributed by atoms with van der Waals surface area (Å²) in [5.41, 5.74) is 1.41. The van der Waals surface area contributed by atoms with Crippen molar-refractivity contribution in [1.29, 1.82) is 0 Å². The molecule has 0 unspecified atom stereocenters. The Morgan fingerprint density at radius 2 is 2.00 bits per heavy atom. The summed E-state index contributed by atoms with van der Waals surface area (Å²) in [5.74, 6) is -5.21. The average Bonchev–Trinajstić information content (AvgIpc) is 3.47. The molecule has 3 rings (SSSR count). The van der Waals surface area contributed by atoms with Crippen LogP contribution >= 0.6 is 23.4 Å². The molecule has 2 N–H and O–H groups in total. The Morgan fingerprint density at radius 3 is 2.63 bits per heavy atom. The first-order valence-electron chi connectivity index (χ1n) is 8.11. The fourth-order valence-corrected chi connectivity index (χ4v) is 3.05. The number of thioether (sulfide) groups is 1. The Morgan fingerprint density at radius 1 is 1.26 bits per heavy atom. The highest BCUT2D eigenvalue weighted by Gasteiger charge is 2.25. The van der Waals surface area contributed by atoms with Crippen LogP contribution in [-0.4, -0.2) is 18.8 Å². The quantitative estimate of drug-likeness (QED) is 0.365. The number of anilines is 2. The van der Waals surface area contributed by atoms with Crippen molar-refractivity contribution in [2.24, 2.45) is 5.92 Å². The molecular formula is C18H16ClF3N2O2S. The molecule has 0 aliphatic heterocycles. The molecule has 1 aliphatic carbocycles. The molecular weight excluding hydrogens is 401 g/mol. The number of carbonyl (C=O) groups excluding carboxylic acids is 1. The molecule has 27 heavy (non-hydrogen) atoms. The van der Waals surface area contributed by atoms with Crippen LogP contribution in [0, 0.1) is 23.4 Å². The Hall–Kier alpha value is -1.90. The maximum atomic E-state index is 14.4. The van der Waals surface area contributed by atoms with Crippen LogP contribution in [0.4, 0.5) is 24.5 Å². The van der Waals surface area contributed by atoms with Gasteiger partial charge < -0.3 is 5.32 Å². The van der Waals surface area contributed by atoms with Gasteiger partial charge in [0.2, 0.25) is 0 Å². The second-order valence-corrected chi connectivity index (χ2v) is 7.35. The summed E-state index contributed by atoms with van der Waals surface area (Å²) in [6.45, 7) is 0.308. The van der Waals surface area contributed by atoms with Gasteiger partial charge in [-0.15, -0.1) is 11.8 Å². The lowest BCUT2D eigenvalue weighted by Gasteiger charge is -2.15. The largest absolute Gasteiger partial charge is 0.351 e. The van der Waals surface area contributed by atoms with Gasteiger partial charge in [-0.1, -0.05) is 11.6 Å². The van der Waals surface area contributed by atoms with E-state index in [2.05, 4.69) is 10.8 Å². The van der Waals surface area contributed by atoms with Crippen molar-refractivity contribution in [2.75, 3.05) is 18.2 Å². The van der Waals surface area contributed by atoms with E-state index in [9.17, 15) is 18.0 Å². The molecule has 0 heterocycles. The molecule has 4 nitrogen and oxygen atoms in total. The molecule has 0 atom stereocenters. The first kappa shape index (κ1) is 19.9. The summed E-state index contributed by atoms with van der Waals surface area (Å²) >= 11 is 7.60. The third-order valence-electron chi connectivity index (χ3n) is 4.02. The summed E-state index contributed by atoms with van der Waals surface area (Å²) in [4.78, 5) is 18.2. The van der Waals surface area contributed by atoms with Gasteiger partial charge in [0.15, 0.2) is 17.5 Å². The molecule has 1 fully saturated rings. The topological polar surface area (TPSA) is 50.4 Å². The molecule has 9 heteroatoms. The van der Waals surface area contributed by atoms with E-state index in [4.69, 9.17) is 16.4 Å². The van der Waals surface area contributed by atoms with Crippen molar-refractivity contribution in [1.82, 2.24) is 5.48 Å². The van der Waals surface area contributed by atoms with Crippen molar-refractivity contribution in [3.63, 3.8) is 0 Å². The molecule has 0 radical (unpaired) electrons. The molecule has 2 aromatic carbocycles. The SMILES string of the molecule is CSc1ccc(Nc2c(C(=O)NOCC3CC3)cc(F)c(F)c2F)c(Cl)c1. The molecule has 0 saturated heterocycles. The third-order valence-corrected chi connectivity index (χ3v) is 5.06. The molecule has 1 aliphatic rings. The molecule has 2 aromatic rings. The van der Waals surface area contributed by atoms with Gasteiger partial charge in [-0.3, -0.25) is 9.63 Å². The number of hydrogen-bond acceptors (Lipinski definition) is 4. The lowest BCUT2D eigenvalue weighted by Crippen LogP contribution is -2.26. The highest BCUT2D eigenvalue weighted by molar-refractivity contribution is 7.98. The van der Waals surface area contributed by atoms with Gasteiger partial charge in [0.05, 0.1) is 28.6 Å². The fourth-order valence-electron chi connectivity index (χ4n) is 2.32. The average molecular weight is 417 g/mol. The highest BCUT2D eigenvalue weighted by atomic mass is 35.5. The van der Waals surface area contributed by atoms with Crippen molar-refractivity contribution in [3.8, 4) is 0 Å². The van der Waals surface area contributed by atoms with E-state index in [-0.39, 0.29) is 10.7 Å². The number of rotatable bonds is 7. The number of nitrogens with one attached hydrogen (secondary N) is 2. The predicted molar refractivity (Wildman–Crippen MR) is 99.0 cm³/mol. The Kier molecular flexibility index (Phi) is 6.18. The summed E-state index contributed by atoms with van der Waals surface area (Å²) in [6, 6.07) is 5.51. The predicted octanol–water partition coefficient (Wildman–Crippen LogP) is 5.29. The first-order chi connectivity index (χ1) is 12.9. The fraction of sp³-hybridized carbons (Fsp3) is 0.278. The van der Waals surface area contributed by atoms with E-state index in [1.54, 1.807) is 18.2 Å². The highest BCUT2D eigenvalue weighted by Crippen LogP contribution is 2.33. The van der Waals surface area contributed by atoms with Crippen LogP contribution in [0.25, 0.3) is 0 Å². The van der Waals surface area contributed by atoms with Gasteiger partial charge in [-0.05, 0) is 49.3 Å². The number of carbonyl (C=O) groups is 1. The Balaban J connectivity index is 1.89. The number of halogens is 4. The molecule has 1 amide bonds. The smallest absolute Gasteiger partial charge is 0.277 e. The maximum Gasteiger partial charge on any atom is 0.277 e. The Bertz CT molecular complexity index is 878. The lowest BCUT2D eigenvalue weighted by atomic mass is 10.1. The molecule has 0 bridgehead atoms. The second-order valence-electron chi connectivity index (χ2n) is 6.07. The third kappa shape index (κ3) is 4.69. The zero-order valence-corrected chi connectivity index (χ0v) is 15.8. The molecule has 0 aromatic heterocycles. The van der Waals surface area contributed by atoms with Crippen LogP contribution in [0.3, 0.4) is 0 Å². The monoisotopic (exact) mass is 416 g/mol. The standard InChI is InChI=1S/C18H16ClF3N2O2S/c1-27-10-4-5-14(12(19)6-10)23-17-11(7-13(20)15(21)16(17)22)18(25)24-26-8-9-2-3-9/h4-7,9,23H,2-3,8H2,1H3,(H,24,25). The van der Waals surface area contributed by atoms with Gasteiger partial charge in [0, 0.05) is 4.90 Å². The van der Waals surface area contributed by atoms with Crippen LogP contribution in [-0.2, 0) is 4.84 Å². The lowest BCUT2D eigenvalue weighted by molar-refractivity contribution is 0.0270. The summed E-state index contributed by atoms with van der Waals surface area (Å²) in [5, 5.41) is 2.82. The normalized spacial score (nSPS) is 13.5. The maximum absolute atomic E-state index is 14.4. The van der Waals surface area contributed by atoms with Gasteiger partial charge in [-0.2, -0.15) is 0 Å². The molecule has 0 spiro atoms. The Labute approximate surface area is 163 Å². The van der Waals surface area contributed by atoms with Crippen LogP contribution in [0.15, 0.2) is 29.2 Å². The minimum atomic E-state index is -1.69. The van der Waals surface area contributed by atoms with E-state index in [0.29, 0.717) is 18.6 Å². The first-order valence-corrected chi connectivity index (χ1v) is 9.71. The molecule has 1 saturated carbocycles. The van der Waals surface area contributed by atoms with Gasteiger partial charge in [0.1, 0.15) is 0 Å². The minimum Gasteiger partial charge on any atom is -0.351 e. The summed E-state index contributed by atoms with van der Waals surface area (Å²) in [7, 11) is 0. The van der Waals surface area contributed by atoms with Gasteiger partial charge in [0.25, 0.3) is 5.91 Å². The van der Waals surface area contributed by atoms with Crippen LogP contribution in [0.2, 0.25) is 5.02 Å².